The second-order valence-corrected chi connectivity index (χ2v) is 3.15. The number of nitrogens with two attached hydrogens (primary N) is 1. The molecule has 0 heterocycles. The largest absolute Gasteiger partial charge is 0.417 e. The molecule has 2 amide bonds. The van der Waals surface area contributed by atoms with Gasteiger partial charge >= 0.3 is 18.0 Å². The van der Waals surface area contributed by atoms with Gasteiger partial charge in [0.1, 0.15) is 0 Å². The molecule has 0 bridgehead atoms. The molecule has 96 valence electrons. The molecule has 0 aliphatic carbocycles. The van der Waals surface area contributed by atoms with E-state index in [2.05, 4.69) is 10.8 Å². The number of hydrogen-bond donors (Lipinski definition) is 2. The summed E-state index contributed by atoms with van der Waals surface area (Å²) < 4.78 is 37.6. The van der Waals surface area contributed by atoms with Gasteiger partial charge in [0, 0.05) is 5.56 Å². The number of amides is 2. The number of nitrogens with zero attached hydrogens (tertiary/aromatic N) is 1. The van der Waals surface area contributed by atoms with Crippen LogP contribution in [0.25, 0.3) is 0 Å². The van der Waals surface area contributed by atoms with Crippen LogP contribution in [-0.2, 0) is 15.8 Å². The van der Waals surface area contributed by atoms with Gasteiger partial charge in [0.2, 0.25) is 0 Å². The van der Waals surface area contributed by atoms with Crippen LogP contribution >= 0.6 is 0 Å². The Morgan fingerprint density at radius 3 is 2.44 bits per heavy atom. The third-order valence-electron chi connectivity index (χ3n) is 1.86. The third kappa shape index (κ3) is 3.58. The average molecular weight is 259 g/mol. The van der Waals surface area contributed by atoms with Crippen LogP contribution in [0.1, 0.15) is 11.1 Å². The summed E-state index contributed by atoms with van der Waals surface area (Å²) in [5, 5.41) is 3.21. The van der Waals surface area contributed by atoms with E-state index in [-0.39, 0.29) is 5.56 Å². The first-order chi connectivity index (χ1) is 8.32. The summed E-state index contributed by atoms with van der Waals surface area (Å²) in [6, 6.07) is 4.65. The molecule has 0 radical (unpaired) electrons. The minimum absolute atomic E-state index is 0.241. The lowest BCUT2D eigenvalue weighted by molar-refractivity contribution is -0.137. The number of primary amides is 1. The molecule has 0 spiro atoms. The van der Waals surface area contributed by atoms with E-state index in [9.17, 15) is 22.8 Å². The zero-order valence-electron chi connectivity index (χ0n) is 8.86. The molecule has 5 nitrogen and oxygen atoms in total. The molecule has 0 aromatic heterocycles. The lowest BCUT2D eigenvalue weighted by Crippen LogP contribution is -2.32. The van der Waals surface area contributed by atoms with Gasteiger partial charge in [-0.2, -0.15) is 18.3 Å². The van der Waals surface area contributed by atoms with Crippen LogP contribution < -0.4 is 11.2 Å². The Bertz CT molecular complexity index is 497. The minimum atomic E-state index is -4.53. The number of halogens is 3. The normalized spacial score (nSPS) is 11.5. The van der Waals surface area contributed by atoms with Gasteiger partial charge in [-0.05, 0) is 6.07 Å². The lowest BCUT2D eigenvalue weighted by Gasteiger charge is -2.08. The maximum Gasteiger partial charge on any atom is 0.417 e. The summed E-state index contributed by atoms with van der Waals surface area (Å²) in [6.07, 6.45) is -3.75. The summed E-state index contributed by atoms with van der Waals surface area (Å²) in [5.74, 6) is -2.49. The van der Waals surface area contributed by atoms with Crippen molar-refractivity contribution in [3.8, 4) is 0 Å². The summed E-state index contributed by atoms with van der Waals surface area (Å²) in [5.41, 5.74) is 5.17. The van der Waals surface area contributed by atoms with Gasteiger partial charge in [-0.3, -0.25) is 9.59 Å². The number of rotatable bonds is 2. The first kappa shape index (κ1) is 13.7. The Hall–Kier alpha value is -2.38. The van der Waals surface area contributed by atoms with Crippen LogP contribution in [0.5, 0.6) is 0 Å². The zero-order valence-corrected chi connectivity index (χ0v) is 8.86. The summed E-state index contributed by atoms with van der Waals surface area (Å²) in [7, 11) is 0. The van der Waals surface area contributed by atoms with E-state index in [4.69, 9.17) is 0 Å². The fourth-order valence-electron chi connectivity index (χ4n) is 1.08. The van der Waals surface area contributed by atoms with Crippen molar-refractivity contribution in [1.29, 1.82) is 0 Å². The van der Waals surface area contributed by atoms with Crippen LogP contribution in [-0.4, -0.2) is 18.0 Å². The number of carbonyl (C=O) groups excluding carboxylic acids is 2. The molecule has 1 aromatic rings. The van der Waals surface area contributed by atoms with E-state index in [0.717, 1.165) is 12.3 Å². The van der Waals surface area contributed by atoms with Gasteiger partial charge < -0.3 is 5.73 Å². The second-order valence-electron chi connectivity index (χ2n) is 3.15. The number of benzene rings is 1. The van der Waals surface area contributed by atoms with Crippen molar-refractivity contribution < 1.29 is 22.8 Å². The second kappa shape index (κ2) is 5.30. The smallest absolute Gasteiger partial charge is 0.361 e. The maximum absolute atomic E-state index is 12.5. The standard InChI is InChI=1S/C10H8F3N3O2/c11-10(12,13)7-4-2-1-3-6(7)5-15-16-9(18)8(14)17/h1-5H,(H2,14,17)(H,16,18)/b15-5-. The molecule has 1 aromatic carbocycles. The van der Waals surface area contributed by atoms with Crippen molar-refractivity contribution in [2.45, 2.75) is 6.18 Å². The van der Waals surface area contributed by atoms with Crippen LogP contribution in [0.15, 0.2) is 29.4 Å². The van der Waals surface area contributed by atoms with Crippen molar-refractivity contribution >= 4 is 18.0 Å². The summed E-state index contributed by atoms with van der Waals surface area (Å²) in [6.45, 7) is 0. The van der Waals surface area contributed by atoms with E-state index in [1.54, 1.807) is 5.43 Å². The highest BCUT2D eigenvalue weighted by Gasteiger charge is 2.32. The summed E-state index contributed by atoms with van der Waals surface area (Å²) in [4.78, 5) is 21.0. The first-order valence-corrected chi connectivity index (χ1v) is 4.61. The maximum atomic E-state index is 12.5. The molecule has 3 N–H and O–H groups in total. The van der Waals surface area contributed by atoms with Crippen LogP contribution in [0.4, 0.5) is 13.2 Å². The quantitative estimate of drug-likeness (QED) is 0.464. The number of carbonyl (C=O) groups is 2. The molecule has 0 aliphatic heterocycles. The molecule has 0 atom stereocenters. The fraction of sp³-hybridized carbons (Fsp3) is 0.100. The Kier molecular flexibility index (Phi) is 4.03. The lowest BCUT2D eigenvalue weighted by atomic mass is 10.1. The topological polar surface area (TPSA) is 84.5 Å². The van der Waals surface area contributed by atoms with Crippen LogP contribution in [0.3, 0.4) is 0 Å². The minimum Gasteiger partial charge on any atom is -0.361 e. The highest BCUT2D eigenvalue weighted by Crippen LogP contribution is 2.30. The molecule has 18 heavy (non-hydrogen) atoms. The van der Waals surface area contributed by atoms with Crippen LogP contribution in [0, 0.1) is 0 Å². The molecule has 0 fully saturated rings. The van der Waals surface area contributed by atoms with E-state index >= 15 is 0 Å². The monoisotopic (exact) mass is 259 g/mol. The van der Waals surface area contributed by atoms with Gasteiger partial charge in [0.25, 0.3) is 0 Å². The van der Waals surface area contributed by atoms with Crippen molar-refractivity contribution in [3.63, 3.8) is 0 Å². The van der Waals surface area contributed by atoms with Gasteiger partial charge in [0.15, 0.2) is 0 Å². The zero-order chi connectivity index (χ0) is 13.8. The van der Waals surface area contributed by atoms with E-state index < -0.39 is 23.6 Å². The number of hydrogen-bond acceptors (Lipinski definition) is 3. The number of hydrazone groups is 1. The molecule has 8 heteroatoms. The Labute approximate surface area is 99.5 Å². The molecule has 0 aliphatic rings. The predicted molar refractivity (Wildman–Crippen MR) is 56.4 cm³/mol. The third-order valence-corrected chi connectivity index (χ3v) is 1.86. The number of nitrogens with one attached hydrogen (secondary N) is 1. The summed E-state index contributed by atoms with van der Waals surface area (Å²) >= 11 is 0. The van der Waals surface area contributed by atoms with E-state index in [1.165, 1.54) is 18.2 Å². The molecular weight excluding hydrogens is 251 g/mol. The predicted octanol–water partition coefficient (Wildman–Crippen LogP) is 0.641. The molecular formula is C10H8F3N3O2. The highest BCUT2D eigenvalue weighted by molar-refractivity contribution is 6.34. The molecule has 0 saturated carbocycles. The highest BCUT2D eigenvalue weighted by atomic mass is 19.4. The molecule has 0 unspecified atom stereocenters. The Morgan fingerprint density at radius 1 is 1.28 bits per heavy atom. The van der Waals surface area contributed by atoms with Gasteiger partial charge in [-0.15, -0.1) is 0 Å². The van der Waals surface area contributed by atoms with Crippen molar-refractivity contribution in [2.75, 3.05) is 0 Å². The van der Waals surface area contributed by atoms with Gasteiger partial charge in [-0.1, -0.05) is 18.2 Å². The van der Waals surface area contributed by atoms with Gasteiger partial charge in [0.05, 0.1) is 11.8 Å². The van der Waals surface area contributed by atoms with E-state index in [0.29, 0.717) is 0 Å². The van der Waals surface area contributed by atoms with Crippen molar-refractivity contribution in [3.05, 3.63) is 35.4 Å². The molecule has 1 rings (SSSR count). The Balaban J connectivity index is 2.89. The van der Waals surface area contributed by atoms with E-state index in [1.807, 2.05) is 0 Å². The fourth-order valence-corrected chi connectivity index (χ4v) is 1.08. The average Bonchev–Trinajstić information content (AvgIpc) is 2.28. The SMILES string of the molecule is NC(=O)C(=O)N/N=C\c1ccccc1C(F)(F)F. The van der Waals surface area contributed by atoms with Gasteiger partial charge in [-0.25, -0.2) is 5.43 Å². The van der Waals surface area contributed by atoms with Crippen LogP contribution in [0.2, 0.25) is 0 Å². The first-order valence-electron chi connectivity index (χ1n) is 4.61. The Morgan fingerprint density at radius 2 is 1.89 bits per heavy atom. The number of alkyl halides is 3. The molecule has 0 saturated heterocycles. The van der Waals surface area contributed by atoms with Crippen molar-refractivity contribution in [1.82, 2.24) is 5.43 Å². The van der Waals surface area contributed by atoms with Crippen molar-refractivity contribution in [2.24, 2.45) is 10.8 Å².